The standard InChI is InChI=1S/C17H23NO5/c19-12-23-16(20)15-8-6-13(7-9-15)10-18-17(21)22-11-14-4-2-1-3-5-14/h1-5,13,15,19H,6-12H2,(H,18,21). The van der Waals surface area contributed by atoms with Crippen molar-refractivity contribution < 1.29 is 24.2 Å². The van der Waals surface area contributed by atoms with Crippen LogP contribution in [0.4, 0.5) is 4.79 Å². The molecule has 0 unspecified atom stereocenters. The number of hydrogen-bond donors (Lipinski definition) is 2. The lowest BCUT2D eigenvalue weighted by Gasteiger charge is -2.27. The summed E-state index contributed by atoms with van der Waals surface area (Å²) < 4.78 is 9.77. The topological polar surface area (TPSA) is 84.9 Å². The van der Waals surface area contributed by atoms with E-state index in [1.165, 1.54) is 0 Å². The number of benzene rings is 1. The highest BCUT2D eigenvalue weighted by Gasteiger charge is 2.27. The average Bonchev–Trinajstić information content (AvgIpc) is 2.59. The number of aliphatic hydroxyl groups is 1. The quantitative estimate of drug-likeness (QED) is 0.620. The smallest absolute Gasteiger partial charge is 0.407 e. The van der Waals surface area contributed by atoms with Crippen LogP contribution in [0.2, 0.25) is 0 Å². The Bertz CT molecular complexity index is 497. The number of carbonyl (C=O) groups is 2. The molecule has 6 nitrogen and oxygen atoms in total. The molecular weight excluding hydrogens is 298 g/mol. The van der Waals surface area contributed by atoms with E-state index in [1.807, 2.05) is 30.3 Å². The van der Waals surface area contributed by atoms with Gasteiger partial charge in [-0.2, -0.15) is 0 Å². The third-order valence-corrected chi connectivity index (χ3v) is 4.13. The Balaban J connectivity index is 1.61. The molecular formula is C17H23NO5. The Morgan fingerprint density at radius 2 is 1.78 bits per heavy atom. The van der Waals surface area contributed by atoms with E-state index in [0.717, 1.165) is 31.2 Å². The first kappa shape index (κ1) is 17.3. The minimum Gasteiger partial charge on any atom is -0.445 e. The Morgan fingerprint density at radius 1 is 1.09 bits per heavy atom. The monoisotopic (exact) mass is 321 g/mol. The molecule has 1 amide bonds. The Hall–Kier alpha value is -2.08. The molecule has 6 heteroatoms. The lowest BCUT2D eigenvalue weighted by Crippen LogP contribution is -2.33. The van der Waals surface area contributed by atoms with Crippen LogP contribution in [0.3, 0.4) is 0 Å². The predicted molar refractivity (Wildman–Crippen MR) is 83.3 cm³/mol. The van der Waals surface area contributed by atoms with E-state index in [0.29, 0.717) is 12.5 Å². The molecule has 0 radical (unpaired) electrons. The molecule has 0 saturated heterocycles. The average molecular weight is 321 g/mol. The van der Waals surface area contributed by atoms with Gasteiger partial charge in [-0.25, -0.2) is 4.79 Å². The van der Waals surface area contributed by atoms with Gasteiger partial charge in [0.1, 0.15) is 6.61 Å². The third-order valence-electron chi connectivity index (χ3n) is 4.13. The summed E-state index contributed by atoms with van der Waals surface area (Å²) in [5.74, 6) is -0.123. The molecule has 1 fully saturated rings. The molecule has 0 atom stereocenters. The summed E-state index contributed by atoms with van der Waals surface area (Å²) in [6.45, 7) is 0.245. The summed E-state index contributed by atoms with van der Waals surface area (Å²) >= 11 is 0. The van der Waals surface area contributed by atoms with E-state index in [2.05, 4.69) is 10.1 Å². The van der Waals surface area contributed by atoms with E-state index in [1.54, 1.807) is 0 Å². The van der Waals surface area contributed by atoms with Crippen molar-refractivity contribution in [2.75, 3.05) is 13.3 Å². The lowest BCUT2D eigenvalue weighted by molar-refractivity contribution is -0.158. The van der Waals surface area contributed by atoms with Crippen LogP contribution in [0.25, 0.3) is 0 Å². The van der Waals surface area contributed by atoms with Crippen LogP contribution >= 0.6 is 0 Å². The molecule has 2 N–H and O–H groups in total. The maximum absolute atomic E-state index is 11.7. The molecule has 1 aromatic carbocycles. The minimum absolute atomic E-state index is 0.136. The lowest BCUT2D eigenvalue weighted by atomic mass is 9.82. The first-order valence-corrected chi connectivity index (χ1v) is 7.91. The highest BCUT2D eigenvalue weighted by Crippen LogP contribution is 2.29. The van der Waals surface area contributed by atoms with Crippen LogP contribution in [0.5, 0.6) is 0 Å². The molecule has 1 aliphatic rings. The maximum atomic E-state index is 11.7. The fourth-order valence-electron chi connectivity index (χ4n) is 2.79. The molecule has 0 aromatic heterocycles. The van der Waals surface area contributed by atoms with Gasteiger partial charge >= 0.3 is 12.1 Å². The SMILES string of the molecule is O=C(NCC1CCC(C(=O)OCO)CC1)OCc1ccccc1. The van der Waals surface area contributed by atoms with Crippen molar-refractivity contribution in [2.45, 2.75) is 32.3 Å². The number of esters is 1. The normalized spacial score (nSPS) is 20.6. The summed E-state index contributed by atoms with van der Waals surface area (Å²) in [6, 6.07) is 9.52. The first-order chi connectivity index (χ1) is 11.2. The zero-order valence-corrected chi connectivity index (χ0v) is 13.1. The molecule has 1 aromatic rings. The van der Waals surface area contributed by atoms with Gasteiger partial charge in [0.25, 0.3) is 0 Å². The largest absolute Gasteiger partial charge is 0.445 e. The van der Waals surface area contributed by atoms with Crippen molar-refractivity contribution in [3.05, 3.63) is 35.9 Å². The first-order valence-electron chi connectivity index (χ1n) is 7.91. The highest BCUT2D eigenvalue weighted by molar-refractivity contribution is 5.72. The fourth-order valence-corrected chi connectivity index (χ4v) is 2.79. The Kier molecular flexibility index (Phi) is 6.87. The second-order valence-corrected chi connectivity index (χ2v) is 5.75. The number of ether oxygens (including phenoxy) is 2. The second-order valence-electron chi connectivity index (χ2n) is 5.75. The number of nitrogens with one attached hydrogen (secondary N) is 1. The van der Waals surface area contributed by atoms with Gasteiger partial charge in [0, 0.05) is 6.54 Å². The van der Waals surface area contributed by atoms with Crippen molar-refractivity contribution in [3.63, 3.8) is 0 Å². The number of aliphatic hydroxyl groups excluding tert-OH is 1. The molecule has 1 saturated carbocycles. The van der Waals surface area contributed by atoms with Crippen molar-refractivity contribution in [3.8, 4) is 0 Å². The number of amides is 1. The molecule has 126 valence electrons. The number of hydrogen-bond acceptors (Lipinski definition) is 5. The predicted octanol–water partition coefficient (Wildman–Crippen LogP) is 2.21. The summed E-state index contributed by atoms with van der Waals surface area (Å²) in [6.07, 6.45) is 2.73. The van der Waals surface area contributed by atoms with Crippen LogP contribution in [0, 0.1) is 11.8 Å². The zero-order valence-electron chi connectivity index (χ0n) is 13.1. The van der Waals surface area contributed by atoms with Gasteiger partial charge in [-0.1, -0.05) is 30.3 Å². The van der Waals surface area contributed by atoms with Crippen molar-refractivity contribution >= 4 is 12.1 Å². The van der Waals surface area contributed by atoms with Crippen LogP contribution < -0.4 is 5.32 Å². The van der Waals surface area contributed by atoms with Crippen molar-refractivity contribution in [1.82, 2.24) is 5.32 Å². The van der Waals surface area contributed by atoms with E-state index < -0.39 is 12.9 Å². The molecule has 1 aliphatic carbocycles. The maximum Gasteiger partial charge on any atom is 0.407 e. The molecule has 0 aliphatic heterocycles. The molecule has 2 rings (SSSR count). The van der Waals surface area contributed by atoms with E-state index >= 15 is 0 Å². The molecule has 0 bridgehead atoms. The van der Waals surface area contributed by atoms with Crippen LogP contribution in [-0.4, -0.2) is 30.5 Å². The fraction of sp³-hybridized carbons (Fsp3) is 0.529. The summed E-state index contributed by atoms with van der Waals surface area (Å²) in [5, 5.41) is 11.4. The van der Waals surface area contributed by atoms with E-state index in [9.17, 15) is 9.59 Å². The minimum atomic E-state index is -0.562. The van der Waals surface area contributed by atoms with E-state index in [4.69, 9.17) is 9.84 Å². The van der Waals surface area contributed by atoms with Gasteiger partial charge in [0.2, 0.25) is 0 Å². The van der Waals surface area contributed by atoms with Gasteiger partial charge in [-0.15, -0.1) is 0 Å². The van der Waals surface area contributed by atoms with Gasteiger partial charge in [-0.05, 0) is 37.2 Å². The summed E-state index contributed by atoms with van der Waals surface area (Å²) in [4.78, 5) is 23.2. The van der Waals surface area contributed by atoms with Gasteiger partial charge in [0.05, 0.1) is 5.92 Å². The van der Waals surface area contributed by atoms with Gasteiger partial charge < -0.3 is 19.9 Å². The molecule has 0 heterocycles. The van der Waals surface area contributed by atoms with Gasteiger partial charge in [-0.3, -0.25) is 4.79 Å². The molecule has 23 heavy (non-hydrogen) atoms. The number of carbonyl (C=O) groups excluding carboxylic acids is 2. The highest BCUT2D eigenvalue weighted by atomic mass is 16.6. The molecule has 0 spiro atoms. The van der Waals surface area contributed by atoms with Crippen molar-refractivity contribution in [2.24, 2.45) is 11.8 Å². The van der Waals surface area contributed by atoms with Crippen LogP contribution in [0.15, 0.2) is 30.3 Å². The van der Waals surface area contributed by atoms with Crippen LogP contribution in [-0.2, 0) is 20.9 Å². The Morgan fingerprint density at radius 3 is 2.43 bits per heavy atom. The zero-order chi connectivity index (χ0) is 16.5. The van der Waals surface area contributed by atoms with E-state index in [-0.39, 0.29) is 18.5 Å². The van der Waals surface area contributed by atoms with Crippen LogP contribution in [0.1, 0.15) is 31.2 Å². The summed E-state index contributed by atoms with van der Waals surface area (Å²) in [7, 11) is 0. The van der Waals surface area contributed by atoms with Gasteiger partial charge in [0.15, 0.2) is 6.79 Å². The van der Waals surface area contributed by atoms with Crippen molar-refractivity contribution in [1.29, 1.82) is 0 Å². The second kappa shape index (κ2) is 9.15. The number of rotatable bonds is 6. The summed E-state index contributed by atoms with van der Waals surface area (Å²) in [5.41, 5.74) is 0.950. The Labute approximate surface area is 135 Å². The number of alkyl carbamates (subject to hydrolysis) is 1. The third kappa shape index (κ3) is 5.90.